The van der Waals surface area contributed by atoms with Gasteiger partial charge in [-0.25, -0.2) is 0 Å². The molecule has 2 saturated heterocycles. The van der Waals surface area contributed by atoms with E-state index >= 15 is 0 Å². The summed E-state index contributed by atoms with van der Waals surface area (Å²) in [7, 11) is 0. The van der Waals surface area contributed by atoms with E-state index in [2.05, 4.69) is 21.2 Å². The highest BCUT2D eigenvalue weighted by atomic mass is 79.9. The van der Waals surface area contributed by atoms with Crippen LogP contribution >= 0.6 is 15.9 Å². The molecule has 4 nitrogen and oxygen atoms in total. The molecule has 1 N–H and O–H groups in total. The van der Waals surface area contributed by atoms with E-state index < -0.39 is 0 Å². The van der Waals surface area contributed by atoms with E-state index in [4.69, 9.17) is 4.42 Å². The fourth-order valence-corrected chi connectivity index (χ4v) is 2.89. The van der Waals surface area contributed by atoms with Gasteiger partial charge in [-0.2, -0.15) is 0 Å². The van der Waals surface area contributed by atoms with E-state index in [0.29, 0.717) is 22.4 Å². The first-order chi connectivity index (χ1) is 7.72. The second-order valence-corrected chi connectivity index (χ2v) is 5.30. The zero-order chi connectivity index (χ0) is 11.1. The number of fused-ring (bicyclic) bond motifs is 2. The molecule has 5 heteroatoms. The molecule has 3 rings (SSSR count). The maximum absolute atomic E-state index is 12.1. The Morgan fingerprint density at radius 3 is 3.06 bits per heavy atom. The van der Waals surface area contributed by atoms with Crippen LogP contribution in [-0.4, -0.2) is 36.5 Å². The summed E-state index contributed by atoms with van der Waals surface area (Å²) in [6.07, 6.45) is 1.20. The van der Waals surface area contributed by atoms with Gasteiger partial charge >= 0.3 is 0 Å². The van der Waals surface area contributed by atoms with Gasteiger partial charge in [0, 0.05) is 25.7 Å². The molecular weight excluding hydrogens is 272 g/mol. The predicted octanol–water partition coefficient (Wildman–Crippen LogP) is 1.48. The molecule has 2 bridgehead atoms. The van der Waals surface area contributed by atoms with Crippen LogP contribution in [0.15, 0.2) is 21.2 Å². The molecule has 1 aromatic heterocycles. The number of hydrogen-bond acceptors (Lipinski definition) is 3. The molecule has 1 aromatic rings. The van der Waals surface area contributed by atoms with E-state index in [0.717, 1.165) is 19.6 Å². The van der Waals surface area contributed by atoms with Gasteiger partial charge in [0.2, 0.25) is 0 Å². The van der Waals surface area contributed by atoms with Gasteiger partial charge in [0.25, 0.3) is 5.91 Å². The first kappa shape index (κ1) is 10.4. The van der Waals surface area contributed by atoms with Crippen LogP contribution in [0.5, 0.6) is 0 Å². The Balaban J connectivity index is 1.76. The van der Waals surface area contributed by atoms with Gasteiger partial charge < -0.3 is 14.6 Å². The third-order valence-electron chi connectivity index (χ3n) is 3.30. The third-order valence-corrected chi connectivity index (χ3v) is 3.73. The molecule has 2 aliphatic heterocycles. The van der Waals surface area contributed by atoms with E-state index in [1.807, 2.05) is 4.90 Å². The largest absolute Gasteiger partial charge is 0.444 e. The summed E-state index contributed by atoms with van der Waals surface area (Å²) in [6.45, 7) is 2.69. The predicted molar refractivity (Wildman–Crippen MR) is 62.2 cm³/mol. The van der Waals surface area contributed by atoms with Crippen LogP contribution in [0, 0.1) is 5.92 Å². The second-order valence-electron chi connectivity index (χ2n) is 4.52. The molecule has 16 heavy (non-hydrogen) atoms. The summed E-state index contributed by atoms with van der Waals surface area (Å²) in [4.78, 5) is 14.0. The fraction of sp³-hybridized carbons (Fsp3) is 0.545. The topological polar surface area (TPSA) is 45.5 Å². The summed E-state index contributed by atoms with van der Waals surface area (Å²) in [6, 6.07) is 3.95. The summed E-state index contributed by atoms with van der Waals surface area (Å²) < 4.78 is 5.90. The van der Waals surface area contributed by atoms with E-state index in [9.17, 15) is 4.79 Å². The lowest BCUT2D eigenvalue weighted by Crippen LogP contribution is -2.44. The number of hydrogen-bond donors (Lipinski definition) is 1. The number of nitrogens with one attached hydrogen (secondary N) is 1. The highest BCUT2D eigenvalue weighted by molar-refractivity contribution is 9.10. The molecule has 2 atom stereocenters. The van der Waals surface area contributed by atoms with Crippen LogP contribution in [0.2, 0.25) is 0 Å². The number of rotatable bonds is 1. The number of halogens is 1. The van der Waals surface area contributed by atoms with Crippen molar-refractivity contribution >= 4 is 21.8 Å². The molecule has 0 saturated carbocycles. The van der Waals surface area contributed by atoms with Gasteiger partial charge in [0.15, 0.2) is 10.4 Å². The molecule has 0 spiro atoms. The normalized spacial score (nSPS) is 28.4. The number of piperidine rings is 1. The molecule has 2 fully saturated rings. The van der Waals surface area contributed by atoms with Crippen LogP contribution in [0.3, 0.4) is 0 Å². The smallest absolute Gasteiger partial charge is 0.289 e. The summed E-state index contributed by atoms with van der Waals surface area (Å²) in [5, 5.41) is 3.43. The van der Waals surface area contributed by atoms with Gasteiger partial charge in [-0.1, -0.05) is 0 Å². The SMILES string of the molecule is O=C(c1ccc(Br)o1)N1C[C@@H]2CN[C@@H](C2)C1. The van der Waals surface area contributed by atoms with Crippen molar-refractivity contribution in [1.82, 2.24) is 10.2 Å². The standard InChI is InChI=1S/C11H13BrN2O2/c12-10-2-1-9(16-10)11(15)14-5-7-3-8(6-14)13-4-7/h1-2,7-8,13H,3-6H2/t7-,8-/m0/s1. The molecule has 86 valence electrons. The number of nitrogens with zero attached hydrogens (tertiary/aromatic N) is 1. The molecule has 0 aromatic carbocycles. The van der Waals surface area contributed by atoms with Crippen LogP contribution in [0.1, 0.15) is 17.0 Å². The molecule has 0 aliphatic carbocycles. The van der Waals surface area contributed by atoms with Gasteiger partial charge in [-0.3, -0.25) is 4.79 Å². The van der Waals surface area contributed by atoms with Crippen molar-refractivity contribution in [2.45, 2.75) is 12.5 Å². The lowest BCUT2D eigenvalue weighted by molar-refractivity contribution is 0.0658. The van der Waals surface area contributed by atoms with Gasteiger partial charge in [-0.15, -0.1) is 0 Å². The van der Waals surface area contributed by atoms with Crippen LogP contribution in [0.25, 0.3) is 0 Å². The number of likely N-dealkylation sites (tertiary alicyclic amines) is 1. The van der Waals surface area contributed by atoms with Gasteiger partial charge in [0.05, 0.1) is 0 Å². The Bertz CT molecular complexity index is 406. The Labute approximate surface area is 102 Å². The average Bonchev–Trinajstić information content (AvgIpc) is 2.84. The van der Waals surface area contributed by atoms with E-state index in [1.54, 1.807) is 12.1 Å². The Morgan fingerprint density at radius 1 is 1.50 bits per heavy atom. The number of furan rings is 1. The minimum Gasteiger partial charge on any atom is -0.444 e. The zero-order valence-electron chi connectivity index (χ0n) is 8.78. The molecule has 3 heterocycles. The Morgan fingerprint density at radius 2 is 2.38 bits per heavy atom. The van der Waals surface area contributed by atoms with Crippen molar-refractivity contribution in [3.05, 3.63) is 22.6 Å². The van der Waals surface area contributed by atoms with Gasteiger partial charge in [-0.05, 0) is 40.4 Å². The van der Waals surface area contributed by atoms with Crippen LogP contribution in [0.4, 0.5) is 0 Å². The maximum atomic E-state index is 12.1. The minimum atomic E-state index is 0.00380. The average molecular weight is 285 g/mol. The first-order valence-electron chi connectivity index (χ1n) is 5.50. The number of amides is 1. The Hall–Kier alpha value is -0.810. The number of carbonyl (C=O) groups excluding carboxylic acids is 1. The second kappa shape index (κ2) is 3.89. The molecule has 0 radical (unpaired) electrons. The lowest BCUT2D eigenvalue weighted by Gasteiger charge is -2.30. The summed E-state index contributed by atoms with van der Waals surface area (Å²) in [5.74, 6) is 1.04. The quantitative estimate of drug-likeness (QED) is 0.850. The van der Waals surface area contributed by atoms with Crippen LogP contribution in [-0.2, 0) is 0 Å². The molecule has 2 aliphatic rings. The van der Waals surface area contributed by atoms with Crippen molar-refractivity contribution in [2.24, 2.45) is 5.92 Å². The summed E-state index contributed by atoms with van der Waals surface area (Å²) >= 11 is 3.21. The Kier molecular flexibility index (Phi) is 2.52. The van der Waals surface area contributed by atoms with Crippen molar-refractivity contribution in [3.8, 4) is 0 Å². The first-order valence-corrected chi connectivity index (χ1v) is 6.29. The fourth-order valence-electron chi connectivity index (χ4n) is 2.58. The summed E-state index contributed by atoms with van der Waals surface area (Å²) in [5.41, 5.74) is 0. The van der Waals surface area contributed by atoms with E-state index in [1.165, 1.54) is 6.42 Å². The molecular formula is C11H13BrN2O2. The van der Waals surface area contributed by atoms with Crippen molar-refractivity contribution in [2.75, 3.05) is 19.6 Å². The van der Waals surface area contributed by atoms with Crippen molar-refractivity contribution in [1.29, 1.82) is 0 Å². The minimum absolute atomic E-state index is 0.00380. The highest BCUT2D eigenvalue weighted by Crippen LogP contribution is 2.24. The molecule has 1 amide bonds. The molecule has 0 unspecified atom stereocenters. The van der Waals surface area contributed by atoms with Crippen molar-refractivity contribution < 1.29 is 9.21 Å². The zero-order valence-corrected chi connectivity index (χ0v) is 10.4. The van der Waals surface area contributed by atoms with Crippen LogP contribution < -0.4 is 5.32 Å². The number of carbonyl (C=O) groups is 1. The maximum Gasteiger partial charge on any atom is 0.289 e. The van der Waals surface area contributed by atoms with E-state index in [-0.39, 0.29) is 5.91 Å². The highest BCUT2D eigenvalue weighted by Gasteiger charge is 2.35. The lowest BCUT2D eigenvalue weighted by atomic mass is 10.00. The monoisotopic (exact) mass is 284 g/mol. The van der Waals surface area contributed by atoms with Crippen molar-refractivity contribution in [3.63, 3.8) is 0 Å². The third kappa shape index (κ3) is 1.78. The van der Waals surface area contributed by atoms with Gasteiger partial charge in [0.1, 0.15) is 0 Å².